The van der Waals surface area contributed by atoms with E-state index in [1.807, 2.05) is 42.6 Å². The summed E-state index contributed by atoms with van der Waals surface area (Å²) in [5, 5.41) is 2.88. The van der Waals surface area contributed by atoms with Gasteiger partial charge in [0.15, 0.2) is 11.5 Å². The number of halogens is 1. The Morgan fingerprint density at radius 2 is 1.80 bits per heavy atom. The van der Waals surface area contributed by atoms with Gasteiger partial charge in [0.25, 0.3) is 5.91 Å². The van der Waals surface area contributed by atoms with Crippen LogP contribution in [0.3, 0.4) is 0 Å². The van der Waals surface area contributed by atoms with Gasteiger partial charge in [-0.15, -0.1) is 0 Å². The first-order valence-electron chi connectivity index (χ1n) is 13.3. The predicted molar refractivity (Wildman–Crippen MR) is 152 cm³/mol. The fourth-order valence-electron chi connectivity index (χ4n) is 4.75. The van der Waals surface area contributed by atoms with Gasteiger partial charge in [-0.25, -0.2) is 9.37 Å². The van der Waals surface area contributed by atoms with Crippen molar-refractivity contribution in [3.05, 3.63) is 90.4 Å². The average Bonchev–Trinajstić information content (AvgIpc) is 3.67. The van der Waals surface area contributed by atoms with E-state index in [9.17, 15) is 14.0 Å². The SMILES string of the molecule is COc1ccc(-n2cc(-c3ccccc3)nc2NC(=O)CN(C[C@H]2CCCO2)C(=O)c2ccc(F)cc2)cc1OC. The summed E-state index contributed by atoms with van der Waals surface area (Å²) in [6.45, 7) is 0.610. The number of benzene rings is 3. The van der Waals surface area contributed by atoms with Gasteiger partial charge in [0.1, 0.15) is 12.4 Å². The number of hydrogen-bond acceptors (Lipinski definition) is 6. The van der Waals surface area contributed by atoms with Gasteiger partial charge >= 0.3 is 0 Å². The van der Waals surface area contributed by atoms with E-state index in [1.165, 1.54) is 29.2 Å². The fraction of sp³-hybridized carbons (Fsp3) is 0.258. The summed E-state index contributed by atoms with van der Waals surface area (Å²) in [4.78, 5) is 32.9. The molecule has 41 heavy (non-hydrogen) atoms. The Balaban J connectivity index is 1.44. The smallest absolute Gasteiger partial charge is 0.254 e. The van der Waals surface area contributed by atoms with E-state index < -0.39 is 11.7 Å². The number of amides is 2. The topological polar surface area (TPSA) is 94.9 Å². The number of aromatic nitrogens is 2. The number of imidazole rings is 1. The maximum atomic E-state index is 13.5. The van der Waals surface area contributed by atoms with Crippen LogP contribution in [0.5, 0.6) is 11.5 Å². The largest absolute Gasteiger partial charge is 0.493 e. The van der Waals surface area contributed by atoms with Gasteiger partial charge in [-0.2, -0.15) is 0 Å². The Kier molecular flexibility index (Phi) is 8.59. The molecular weight excluding hydrogens is 527 g/mol. The first kappa shape index (κ1) is 27.9. The van der Waals surface area contributed by atoms with Gasteiger partial charge in [0, 0.05) is 36.5 Å². The fourth-order valence-corrected chi connectivity index (χ4v) is 4.75. The highest BCUT2D eigenvalue weighted by molar-refractivity contribution is 5.99. The van der Waals surface area contributed by atoms with Crippen LogP contribution in [0, 0.1) is 5.82 Å². The zero-order chi connectivity index (χ0) is 28.8. The minimum Gasteiger partial charge on any atom is -0.493 e. The first-order valence-corrected chi connectivity index (χ1v) is 13.3. The molecule has 2 amide bonds. The van der Waals surface area contributed by atoms with E-state index in [2.05, 4.69) is 5.32 Å². The Bertz CT molecular complexity index is 1500. The van der Waals surface area contributed by atoms with Crippen molar-refractivity contribution in [3.63, 3.8) is 0 Å². The number of rotatable bonds is 10. The Morgan fingerprint density at radius 3 is 2.49 bits per heavy atom. The summed E-state index contributed by atoms with van der Waals surface area (Å²) in [6.07, 6.45) is 3.32. The van der Waals surface area contributed by atoms with Gasteiger partial charge in [0.2, 0.25) is 11.9 Å². The molecule has 2 heterocycles. The Hall–Kier alpha value is -4.70. The molecule has 1 N–H and O–H groups in total. The maximum absolute atomic E-state index is 13.5. The molecule has 1 aliphatic heterocycles. The third kappa shape index (κ3) is 6.55. The summed E-state index contributed by atoms with van der Waals surface area (Å²) in [5.41, 5.74) is 2.49. The normalized spacial score (nSPS) is 14.5. The highest BCUT2D eigenvalue weighted by atomic mass is 19.1. The zero-order valence-electron chi connectivity index (χ0n) is 22.9. The highest BCUT2D eigenvalue weighted by Crippen LogP contribution is 2.32. The molecule has 5 rings (SSSR count). The number of carbonyl (C=O) groups excluding carboxylic acids is 2. The minimum absolute atomic E-state index is 0.175. The average molecular weight is 559 g/mol. The van der Waals surface area contributed by atoms with Crippen molar-refractivity contribution in [2.75, 3.05) is 39.2 Å². The molecule has 9 nitrogen and oxygen atoms in total. The molecule has 1 aromatic heterocycles. The number of hydrogen-bond donors (Lipinski definition) is 1. The molecule has 0 saturated carbocycles. The summed E-state index contributed by atoms with van der Waals surface area (Å²) in [5.74, 6) is 0.0852. The van der Waals surface area contributed by atoms with Gasteiger partial charge in [0.05, 0.1) is 31.7 Å². The van der Waals surface area contributed by atoms with Crippen molar-refractivity contribution < 1.29 is 28.2 Å². The van der Waals surface area contributed by atoms with Crippen LogP contribution < -0.4 is 14.8 Å². The maximum Gasteiger partial charge on any atom is 0.254 e. The van der Waals surface area contributed by atoms with Crippen LogP contribution in [0.2, 0.25) is 0 Å². The van der Waals surface area contributed by atoms with Crippen LogP contribution in [0.15, 0.2) is 79.0 Å². The Morgan fingerprint density at radius 1 is 1.05 bits per heavy atom. The standard InChI is InChI=1S/C31H31FN4O5/c1-39-27-15-14-24(17-28(27)40-2)36-19-26(21-7-4-3-5-8-21)33-31(36)34-29(37)20-35(18-25-9-6-16-41-25)30(38)22-10-12-23(32)13-11-22/h3-5,7-8,10-15,17,19,25H,6,9,16,18,20H2,1-2H3,(H,33,34,37)/t25-/m1/s1. The minimum atomic E-state index is -0.443. The Labute approximate surface area is 237 Å². The van der Waals surface area contributed by atoms with Gasteiger partial charge < -0.3 is 19.1 Å². The molecular formula is C31H31FN4O5. The molecule has 0 spiro atoms. The summed E-state index contributed by atoms with van der Waals surface area (Å²) < 4.78 is 31.8. The second-order valence-electron chi connectivity index (χ2n) is 9.60. The van der Waals surface area contributed by atoms with Crippen LogP contribution in [0.1, 0.15) is 23.2 Å². The van der Waals surface area contributed by atoms with E-state index in [-0.39, 0.29) is 36.6 Å². The van der Waals surface area contributed by atoms with E-state index in [1.54, 1.807) is 30.9 Å². The molecule has 10 heteroatoms. The lowest BCUT2D eigenvalue weighted by Crippen LogP contribution is -2.42. The second-order valence-corrected chi connectivity index (χ2v) is 9.60. The molecule has 1 fully saturated rings. The van der Waals surface area contributed by atoms with E-state index in [0.29, 0.717) is 29.5 Å². The van der Waals surface area contributed by atoms with Crippen molar-refractivity contribution >= 4 is 17.8 Å². The van der Waals surface area contributed by atoms with Crippen molar-refractivity contribution in [1.82, 2.24) is 14.5 Å². The molecule has 3 aromatic carbocycles. The molecule has 0 radical (unpaired) electrons. The summed E-state index contributed by atoms with van der Waals surface area (Å²) in [7, 11) is 3.11. The first-order chi connectivity index (χ1) is 19.9. The van der Waals surface area contributed by atoms with Crippen LogP contribution in [-0.4, -0.2) is 66.3 Å². The molecule has 0 aliphatic carbocycles. The third-order valence-corrected chi connectivity index (χ3v) is 6.83. The van der Waals surface area contributed by atoms with Crippen molar-refractivity contribution in [1.29, 1.82) is 0 Å². The van der Waals surface area contributed by atoms with Crippen molar-refractivity contribution in [2.45, 2.75) is 18.9 Å². The number of carbonyl (C=O) groups is 2. The van der Waals surface area contributed by atoms with E-state index >= 15 is 0 Å². The van der Waals surface area contributed by atoms with Crippen LogP contribution >= 0.6 is 0 Å². The van der Waals surface area contributed by atoms with Gasteiger partial charge in [-0.1, -0.05) is 30.3 Å². The van der Waals surface area contributed by atoms with Gasteiger partial charge in [-0.05, 0) is 49.2 Å². The molecule has 1 aliphatic rings. The quantitative estimate of drug-likeness (QED) is 0.296. The van der Waals surface area contributed by atoms with Crippen molar-refractivity contribution in [3.8, 4) is 28.4 Å². The molecule has 0 bridgehead atoms. The zero-order valence-corrected chi connectivity index (χ0v) is 22.9. The molecule has 1 atom stereocenters. The van der Waals surface area contributed by atoms with Crippen LogP contribution in [0.4, 0.5) is 10.3 Å². The lowest BCUT2D eigenvalue weighted by molar-refractivity contribution is -0.117. The molecule has 0 unspecified atom stereocenters. The highest BCUT2D eigenvalue weighted by Gasteiger charge is 2.26. The van der Waals surface area contributed by atoms with Crippen LogP contribution in [0.25, 0.3) is 16.9 Å². The van der Waals surface area contributed by atoms with E-state index in [4.69, 9.17) is 19.2 Å². The number of ether oxygens (including phenoxy) is 3. The van der Waals surface area contributed by atoms with E-state index in [0.717, 1.165) is 18.4 Å². The molecule has 4 aromatic rings. The lowest BCUT2D eigenvalue weighted by Gasteiger charge is -2.25. The monoisotopic (exact) mass is 558 g/mol. The van der Waals surface area contributed by atoms with Gasteiger partial charge in [-0.3, -0.25) is 19.5 Å². The number of anilines is 1. The van der Waals surface area contributed by atoms with Crippen molar-refractivity contribution in [2.24, 2.45) is 0 Å². The number of nitrogens with one attached hydrogen (secondary N) is 1. The number of nitrogens with zero attached hydrogens (tertiary/aromatic N) is 3. The third-order valence-electron chi connectivity index (χ3n) is 6.83. The van der Waals surface area contributed by atoms with Crippen LogP contribution in [-0.2, 0) is 9.53 Å². The lowest BCUT2D eigenvalue weighted by atomic mass is 10.1. The molecule has 1 saturated heterocycles. The molecule has 212 valence electrons. The number of methoxy groups -OCH3 is 2. The second kappa shape index (κ2) is 12.6. The summed E-state index contributed by atoms with van der Waals surface area (Å²) >= 11 is 0. The predicted octanol–water partition coefficient (Wildman–Crippen LogP) is 4.96. The summed E-state index contributed by atoms with van der Waals surface area (Å²) in [6, 6.07) is 20.2.